The van der Waals surface area contributed by atoms with E-state index in [0.29, 0.717) is 28.5 Å². The third kappa shape index (κ3) is 2.78. The van der Waals surface area contributed by atoms with Crippen LogP contribution in [0.15, 0.2) is 59.7 Å². The van der Waals surface area contributed by atoms with E-state index in [1.54, 1.807) is 66.9 Å². The fraction of sp³-hybridized carbons (Fsp3) is 0.250. The molecule has 0 aliphatic carbocycles. The molecule has 6 rings (SSSR count). The molecule has 2 amide bonds. The van der Waals surface area contributed by atoms with Crippen LogP contribution in [0.2, 0.25) is 0 Å². The lowest BCUT2D eigenvalue weighted by Crippen LogP contribution is -2.46. The lowest BCUT2D eigenvalue weighted by molar-refractivity contribution is -0.123. The number of nitrogens with zero attached hydrogens (tertiary/aromatic N) is 3. The van der Waals surface area contributed by atoms with E-state index in [1.165, 1.54) is 0 Å². The minimum absolute atomic E-state index is 0.0875. The van der Waals surface area contributed by atoms with Crippen molar-refractivity contribution >= 4 is 29.5 Å². The number of hydrogen-bond donors (Lipinski definition) is 0. The van der Waals surface area contributed by atoms with Crippen LogP contribution in [-0.4, -0.2) is 54.8 Å². The molecule has 33 heavy (non-hydrogen) atoms. The van der Waals surface area contributed by atoms with E-state index in [9.17, 15) is 14.4 Å². The largest absolute Gasteiger partial charge is 0.497 e. The van der Waals surface area contributed by atoms with Crippen molar-refractivity contribution in [1.29, 1.82) is 0 Å². The molecule has 4 heterocycles. The van der Waals surface area contributed by atoms with Crippen LogP contribution < -0.4 is 19.1 Å². The second-order valence-electron chi connectivity index (χ2n) is 8.16. The van der Waals surface area contributed by atoms with Gasteiger partial charge in [0.05, 0.1) is 30.7 Å². The molecule has 2 aromatic rings. The highest BCUT2D eigenvalue weighted by atomic mass is 16.7. The van der Waals surface area contributed by atoms with E-state index >= 15 is 0 Å². The first-order valence-corrected chi connectivity index (χ1v) is 10.5. The van der Waals surface area contributed by atoms with Gasteiger partial charge in [-0.1, -0.05) is 6.08 Å². The Kier molecular flexibility index (Phi) is 4.26. The number of imide groups is 1. The maximum absolute atomic E-state index is 13.6. The van der Waals surface area contributed by atoms with Gasteiger partial charge in [0.2, 0.25) is 18.6 Å². The molecular formula is C24H19N3O6. The van der Waals surface area contributed by atoms with Gasteiger partial charge in [-0.25, -0.2) is 4.90 Å². The molecule has 0 aromatic heterocycles. The number of allylic oxidation sites excluding steroid dienone is 1. The first-order chi connectivity index (χ1) is 16.1. The molecule has 0 N–H and O–H groups in total. The SMILES string of the molecule is COc1ccc(C(=O)[C@H]2[C@H]3C(=O)N(c4ccc5c(c4)OCO5)C(=O)[C@H]3[C@H]3C=CC=NN32)cc1. The Bertz CT molecular complexity index is 1240. The Morgan fingerprint density at radius 1 is 1.03 bits per heavy atom. The summed E-state index contributed by atoms with van der Waals surface area (Å²) in [5.41, 5.74) is 0.820. The van der Waals surface area contributed by atoms with Gasteiger partial charge in [0, 0.05) is 17.8 Å². The van der Waals surface area contributed by atoms with Gasteiger partial charge in [-0.3, -0.25) is 19.4 Å². The second kappa shape index (κ2) is 7.19. The summed E-state index contributed by atoms with van der Waals surface area (Å²) < 4.78 is 15.9. The first kappa shape index (κ1) is 19.5. The number of ketones is 1. The molecule has 9 nitrogen and oxygen atoms in total. The second-order valence-corrected chi connectivity index (χ2v) is 8.16. The van der Waals surface area contributed by atoms with Crippen LogP contribution in [0.4, 0.5) is 5.69 Å². The van der Waals surface area contributed by atoms with Crippen LogP contribution in [0.1, 0.15) is 10.4 Å². The Labute approximate surface area is 188 Å². The number of Topliss-reactive ketones (excluding diaryl/α,β-unsaturated/α-hetero) is 1. The Morgan fingerprint density at radius 2 is 1.79 bits per heavy atom. The zero-order valence-corrected chi connectivity index (χ0v) is 17.6. The van der Waals surface area contributed by atoms with Gasteiger partial charge < -0.3 is 14.2 Å². The molecule has 2 fully saturated rings. The van der Waals surface area contributed by atoms with Crippen LogP contribution in [0, 0.1) is 11.8 Å². The quantitative estimate of drug-likeness (QED) is 0.525. The van der Waals surface area contributed by atoms with Gasteiger partial charge in [0.1, 0.15) is 11.8 Å². The fourth-order valence-corrected chi connectivity index (χ4v) is 5.04. The summed E-state index contributed by atoms with van der Waals surface area (Å²) in [5.74, 6) is -0.975. The lowest BCUT2D eigenvalue weighted by atomic mass is 9.86. The van der Waals surface area contributed by atoms with E-state index in [-0.39, 0.29) is 18.5 Å². The number of hydrazone groups is 1. The van der Waals surface area contributed by atoms with Gasteiger partial charge in [-0.05, 0) is 42.5 Å². The maximum Gasteiger partial charge on any atom is 0.240 e. The predicted octanol–water partition coefficient (Wildman–Crippen LogP) is 2.02. The van der Waals surface area contributed by atoms with Gasteiger partial charge >= 0.3 is 0 Å². The fourth-order valence-electron chi connectivity index (χ4n) is 5.04. The summed E-state index contributed by atoms with van der Waals surface area (Å²) in [4.78, 5) is 41.9. The average Bonchev–Trinajstić information content (AvgIpc) is 3.51. The van der Waals surface area contributed by atoms with E-state index in [2.05, 4.69) is 5.10 Å². The smallest absolute Gasteiger partial charge is 0.240 e. The highest BCUT2D eigenvalue weighted by Gasteiger charge is 2.64. The summed E-state index contributed by atoms with van der Waals surface area (Å²) in [6.45, 7) is 0.0875. The van der Waals surface area contributed by atoms with Crippen molar-refractivity contribution in [1.82, 2.24) is 5.01 Å². The van der Waals surface area contributed by atoms with E-state index in [4.69, 9.17) is 14.2 Å². The molecule has 4 aliphatic rings. The summed E-state index contributed by atoms with van der Waals surface area (Å²) in [6, 6.07) is 10.3. The van der Waals surface area contributed by atoms with E-state index < -0.39 is 29.8 Å². The zero-order chi connectivity index (χ0) is 22.7. The lowest BCUT2D eigenvalue weighted by Gasteiger charge is -2.30. The van der Waals surface area contributed by atoms with E-state index in [0.717, 1.165) is 4.90 Å². The molecule has 4 atom stereocenters. The van der Waals surface area contributed by atoms with Crippen LogP contribution in [0.3, 0.4) is 0 Å². The van der Waals surface area contributed by atoms with Gasteiger partial charge in [-0.15, -0.1) is 0 Å². The molecule has 0 saturated carbocycles. The summed E-state index contributed by atoms with van der Waals surface area (Å²) in [6.07, 6.45) is 5.12. The van der Waals surface area contributed by atoms with Crippen molar-refractivity contribution in [2.45, 2.75) is 12.1 Å². The summed E-state index contributed by atoms with van der Waals surface area (Å²) in [5, 5.41) is 5.96. The Hall–Kier alpha value is -4.14. The molecule has 2 saturated heterocycles. The normalized spacial score (nSPS) is 26.6. The topological polar surface area (TPSA) is 97.7 Å². The summed E-state index contributed by atoms with van der Waals surface area (Å²) >= 11 is 0. The average molecular weight is 445 g/mol. The van der Waals surface area contributed by atoms with Crippen molar-refractivity contribution in [2.24, 2.45) is 16.9 Å². The number of carbonyl (C=O) groups excluding carboxylic acids is 3. The minimum Gasteiger partial charge on any atom is -0.497 e. The number of amides is 2. The van der Waals surface area contributed by atoms with Crippen molar-refractivity contribution in [2.75, 3.05) is 18.8 Å². The van der Waals surface area contributed by atoms with Crippen molar-refractivity contribution in [3.8, 4) is 17.2 Å². The third-order valence-corrected chi connectivity index (χ3v) is 6.55. The highest BCUT2D eigenvalue weighted by molar-refractivity contribution is 6.24. The highest BCUT2D eigenvalue weighted by Crippen LogP contribution is 2.47. The number of methoxy groups -OCH3 is 1. The number of anilines is 1. The van der Waals surface area contributed by atoms with Crippen molar-refractivity contribution < 1.29 is 28.6 Å². The molecule has 166 valence electrons. The monoisotopic (exact) mass is 445 g/mol. The molecule has 0 unspecified atom stereocenters. The van der Waals surface area contributed by atoms with Gasteiger partial charge in [-0.2, -0.15) is 5.10 Å². The molecule has 4 aliphatic heterocycles. The third-order valence-electron chi connectivity index (χ3n) is 6.55. The molecule has 0 radical (unpaired) electrons. The molecule has 2 aromatic carbocycles. The van der Waals surface area contributed by atoms with Crippen LogP contribution in [0.25, 0.3) is 0 Å². The number of benzene rings is 2. The Balaban J connectivity index is 1.39. The molecular weight excluding hydrogens is 426 g/mol. The number of fused-ring (bicyclic) bond motifs is 4. The van der Waals surface area contributed by atoms with Crippen molar-refractivity contribution in [3.05, 3.63) is 60.2 Å². The number of hydrogen-bond acceptors (Lipinski definition) is 8. The predicted molar refractivity (Wildman–Crippen MR) is 116 cm³/mol. The number of rotatable bonds is 4. The summed E-state index contributed by atoms with van der Waals surface area (Å²) in [7, 11) is 1.55. The van der Waals surface area contributed by atoms with E-state index in [1.807, 2.05) is 6.08 Å². The van der Waals surface area contributed by atoms with Gasteiger partial charge in [0.15, 0.2) is 17.3 Å². The zero-order valence-electron chi connectivity index (χ0n) is 17.6. The number of ether oxygens (including phenoxy) is 3. The number of carbonyl (C=O) groups is 3. The minimum atomic E-state index is -0.898. The molecule has 0 spiro atoms. The standard InChI is InChI=1S/C24H19N3O6/c1-31-15-7-4-13(5-8-15)22(28)21-20-19(16-3-2-10-25-27(16)21)23(29)26(24(20)30)14-6-9-17-18(11-14)33-12-32-17/h2-11,16,19-21H,12H2,1H3/t16-,19+,20+,21-/m1/s1. The molecule has 0 bridgehead atoms. The first-order valence-electron chi connectivity index (χ1n) is 10.5. The van der Waals surface area contributed by atoms with Crippen molar-refractivity contribution in [3.63, 3.8) is 0 Å². The maximum atomic E-state index is 13.6. The molecule has 9 heteroatoms. The van der Waals surface area contributed by atoms with Crippen LogP contribution in [0.5, 0.6) is 17.2 Å². The Morgan fingerprint density at radius 3 is 2.58 bits per heavy atom. The van der Waals surface area contributed by atoms with Crippen LogP contribution in [-0.2, 0) is 9.59 Å². The van der Waals surface area contributed by atoms with Gasteiger partial charge in [0.25, 0.3) is 0 Å². The van der Waals surface area contributed by atoms with Crippen LogP contribution >= 0.6 is 0 Å².